The Balaban J connectivity index is 2.16. The highest BCUT2D eigenvalue weighted by molar-refractivity contribution is 5.36. The summed E-state index contributed by atoms with van der Waals surface area (Å²) in [5, 5.41) is 10.5. The average molecular weight is 284 g/mol. The maximum atomic E-state index is 10.5. The lowest BCUT2D eigenvalue weighted by Gasteiger charge is -2.14. The van der Waals surface area contributed by atoms with Gasteiger partial charge in [-0.15, -0.1) is 0 Å². The van der Waals surface area contributed by atoms with E-state index in [0.29, 0.717) is 12.5 Å². The van der Waals surface area contributed by atoms with Crippen molar-refractivity contribution in [2.24, 2.45) is 0 Å². The molecule has 0 aromatic heterocycles. The molecule has 0 fully saturated rings. The van der Waals surface area contributed by atoms with Crippen LogP contribution < -0.4 is 4.74 Å². The molecule has 2 rings (SSSR count). The van der Waals surface area contributed by atoms with Crippen molar-refractivity contribution in [2.45, 2.75) is 39.2 Å². The minimum absolute atomic E-state index is 0.502. The van der Waals surface area contributed by atoms with Gasteiger partial charge in [0, 0.05) is 0 Å². The van der Waals surface area contributed by atoms with E-state index in [4.69, 9.17) is 4.74 Å². The largest absolute Gasteiger partial charge is 0.494 e. The van der Waals surface area contributed by atoms with Gasteiger partial charge in [-0.2, -0.15) is 0 Å². The Labute approximate surface area is 127 Å². The van der Waals surface area contributed by atoms with Crippen LogP contribution in [0.2, 0.25) is 0 Å². The van der Waals surface area contributed by atoms with Gasteiger partial charge in [0.15, 0.2) is 0 Å². The molecule has 0 aliphatic carbocycles. The van der Waals surface area contributed by atoms with Crippen molar-refractivity contribution in [3.63, 3.8) is 0 Å². The van der Waals surface area contributed by atoms with Gasteiger partial charge < -0.3 is 9.84 Å². The molecule has 1 unspecified atom stereocenters. The lowest BCUT2D eigenvalue weighted by Crippen LogP contribution is -2.01. The molecule has 0 saturated heterocycles. The number of aliphatic hydroxyl groups excluding tert-OH is 1. The first-order valence-electron chi connectivity index (χ1n) is 7.62. The van der Waals surface area contributed by atoms with Crippen molar-refractivity contribution in [3.05, 3.63) is 65.2 Å². The van der Waals surface area contributed by atoms with Gasteiger partial charge in [-0.1, -0.05) is 57.2 Å². The van der Waals surface area contributed by atoms with Crippen LogP contribution in [0.25, 0.3) is 0 Å². The maximum Gasteiger partial charge on any atom is 0.119 e. The Morgan fingerprint density at radius 1 is 0.952 bits per heavy atom. The number of rotatable bonds is 6. The van der Waals surface area contributed by atoms with Crippen molar-refractivity contribution in [3.8, 4) is 5.75 Å². The quantitative estimate of drug-likeness (QED) is 0.834. The second-order valence-electron chi connectivity index (χ2n) is 5.64. The van der Waals surface area contributed by atoms with Gasteiger partial charge in [0.05, 0.1) is 6.61 Å². The summed E-state index contributed by atoms with van der Waals surface area (Å²) in [4.78, 5) is 0. The van der Waals surface area contributed by atoms with Crippen molar-refractivity contribution in [1.82, 2.24) is 0 Å². The molecule has 0 aliphatic rings. The fourth-order valence-electron chi connectivity index (χ4n) is 2.25. The Bertz CT molecular complexity index is 558. The number of aliphatic hydroxyl groups is 1. The van der Waals surface area contributed by atoms with Gasteiger partial charge >= 0.3 is 0 Å². The smallest absolute Gasteiger partial charge is 0.119 e. The van der Waals surface area contributed by atoms with E-state index in [1.807, 2.05) is 36.4 Å². The van der Waals surface area contributed by atoms with Crippen molar-refractivity contribution < 1.29 is 9.84 Å². The van der Waals surface area contributed by atoms with E-state index < -0.39 is 6.10 Å². The van der Waals surface area contributed by atoms with Crippen LogP contribution in [0.5, 0.6) is 5.75 Å². The number of hydrogen-bond donors (Lipinski definition) is 1. The minimum atomic E-state index is -0.614. The highest BCUT2D eigenvalue weighted by atomic mass is 16.5. The molecular formula is C19H24O2. The lowest BCUT2D eigenvalue weighted by atomic mass is 9.97. The van der Waals surface area contributed by atoms with Crippen LogP contribution in [0.3, 0.4) is 0 Å². The van der Waals surface area contributed by atoms with Crippen molar-refractivity contribution in [1.29, 1.82) is 0 Å². The summed E-state index contributed by atoms with van der Waals surface area (Å²) in [7, 11) is 0. The van der Waals surface area contributed by atoms with Crippen LogP contribution in [-0.2, 0) is 0 Å². The molecule has 0 heterocycles. The van der Waals surface area contributed by atoms with Gasteiger partial charge in [0.25, 0.3) is 0 Å². The topological polar surface area (TPSA) is 29.5 Å². The minimum Gasteiger partial charge on any atom is -0.494 e. The SMILES string of the molecule is CCCOc1cccc(C(O)c2ccc(C(C)C)cc2)c1. The fourth-order valence-corrected chi connectivity index (χ4v) is 2.25. The standard InChI is InChI=1S/C19H24O2/c1-4-12-21-18-7-5-6-17(13-18)19(20)16-10-8-15(9-11-16)14(2)3/h5-11,13-14,19-20H,4,12H2,1-3H3. The molecule has 1 atom stereocenters. The average Bonchev–Trinajstić information content (AvgIpc) is 2.52. The monoisotopic (exact) mass is 284 g/mol. The first-order chi connectivity index (χ1) is 10.1. The number of benzene rings is 2. The predicted molar refractivity (Wildman–Crippen MR) is 86.8 cm³/mol. The van der Waals surface area contributed by atoms with Gasteiger partial charge in [-0.3, -0.25) is 0 Å². The summed E-state index contributed by atoms with van der Waals surface area (Å²) in [5.41, 5.74) is 3.05. The van der Waals surface area contributed by atoms with E-state index in [9.17, 15) is 5.11 Å². The zero-order valence-electron chi connectivity index (χ0n) is 13.0. The predicted octanol–water partition coefficient (Wildman–Crippen LogP) is 4.68. The molecule has 1 N–H and O–H groups in total. The third-order valence-electron chi connectivity index (χ3n) is 3.57. The van der Waals surface area contributed by atoms with Gasteiger partial charge in [0.2, 0.25) is 0 Å². The van der Waals surface area contributed by atoms with Gasteiger partial charge in [0.1, 0.15) is 11.9 Å². The van der Waals surface area contributed by atoms with E-state index in [1.54, 1.807) is 0 Å². The number of hydrogen-bond acceptors (Lipinski definition) is 2. The summed E-state index contributed by atoms with van der Waals surface area (Å²) in [5.74, 6) is 1.31. The molecule has 21 heavy (non-hydrogen) atoms. The fraction of sp³-hybridized carbons (Fsp3) is 0.368. The number of ether oxygens (including phenoxy) is 1. The molecule has 2 aromatic rings. The molecular weight excluding hydrogens is 260 g/mol. The summed E-state index contributed by atoms with van der Waals surface area (Å²) in [6.07, 6.45) is 0.361. The summed E-state index contributed by atoms with van der Waals surface area (Å²) in [6.45, 7) is 7.11. The summed E-state index contributed by atoms with van der Waals surface area (Å²) in [6, 6.07) is 15.9. The van der Waals surface area contributed by atoms with Crippen LogP contribution in [0.15, 0.2) is 48.5 Å². The van der Waals surface area contributed by atoms with Crippen molar-refractivity contribution in [2.75, 3.05) is 6.61 Å². The molecule has 2 aromatic carbocycles. The first-order valence-corrected chi connectivity index (χ1v) is 7.62. The van der Waals surface area contributed by atoms with E-state index in [-0.39, 0.29) is 0 Å². The molecule has 2 nitrogen and oxygen atoms in total. The van der Waals surface area contributed by atoms with Gasteiger partial charge in [-0.05, 0) is 41.2 Å². The zero-order valence-corrected chi connectivity index (χ0v) is 13.0. The first kappa shape index (κ1) is 15.6. The Morgan fingerprint density at radius 3 is 2.24 bits per heavy atom. The van der Waals surface area contributed by atoms with Crippen LogP contribution in [0.1, 0.15) is 55.9 Å². The third-order valence-corrected chi connectivity index (χ3v) is 3.57. The molecule has 2 heteroatoms. The second-order valence-corrected chi connectivity index (χ2v) is 5.64. The zero-order chi connectivity index (χ0) is 15.2. The van der Waals surface area contributed by atoms with E-state index in [2.05, 4.69) is 32.9 Å². The Hall–Kier alpha value is -1.80. The van der Waals surface area contributed by atoms with Crippen LogP contribution in [0.4, 0.5) is 0 Å². The second kappa shape index (κ2) is 7.28. The molecule has 0 bridgehead atoms. The Morgan fingerprint density at radius 2 is 1.62 bits per heavy atom. The van der Waals surface area contributed by atoms with Crippen LogP contribution >= 0.6 is 0 Å². The van der Waals surface area contributed by atoms with E-state index >= 15 is 0 Å². The maximum absolute atomic E-state index is 10.5. The molecule has 112 valence electrons. The van der Waals surface area contributed by atoms with Crippen molar-refractivity contribution >= 4 is 0 Å². The summed E-state index contributed by atoms with van der Waals surface area (Å²) >= 11 is 0. The van der Waals surface area contributed by atoms with Crippen LogP contribution in [0, 0.1) is 0 Å². The lowest BCUT2D eigenvalue weighted by molar-refractivity contribution is 0.219. The van der Waals surface area contributed by atoms with E-state index in [1.165, 1.54) is 5.56 Å². The normalized spacial score (nSPS) is 12.4. The molecule has 0 spiro atoms. The molecule has 0 radical (unpaired) electrons. The molecule has 0 saturated carbocycles. The summed E-state index contributed by atoms with van der Waals surface area (Å²) < 4.78 is 5.62. The third kappa shape index (κ3) is 4.08. The van der Waals surface area contributed by atoms with Crippen LogP contribution in [-0.4, -0.2) is 11.7 Å². The highest BCUT2D eigenvalue weighted by Gasteiger charge is 2.11. The highest BCUT2D eigenvalue weighted by Crippen LogP contribution is 2.26. The van der Waals surface area contributed by atoms with Gasteiger partial charge in [-0.25, -0.2) is 0 Å². The molecule has 0 aliphatic heterocycles. The van der Waals surface area contributed by atoms with E-state index in [0.717, 1.165) is 23.3 Å². The molecule has 0 amide bonds. The Kier molecular flexibility index (Phi) is 5.40.